The molecule has 12 heavy (non-hydrogen) atoms. The molecule has 0 saturated carbocycles. The van der Waals surface area contributed by atoms with Gasteiger partial charge in [-0.05, 0) is 25.1 Å². The first kappa shape index (κ1) is 9.00. The van der Waals surface area contributed by atoms with Crippen molar-refractivity contribution in [3.8, 4) is 0 Å². The van der Waals surface area contributed by atoms with Crippen molar-refractivity contribution >= 4 is 23.3 Å². The van der Waals surface area contributed by atoms with Gasteiger partial charge in [0, 0.05) is 6.42 Å². The summed E-state index contributed by atoms with van der Waals surface area (Å²) in [6.45, 7) is 1.97. The van der Waals surface area contributed by atoms with Crippen LogP contribution in [0.5, 0.6) is 0 Å². The molecule has 0 atom stereocenters. The summed E-state index contributed by atoms with van der Waals surface area (Å²) >= 11 is 4.77. The maximum atomic E-state index is 5.38. The molecule has 1 aromatic heterocycles. The third-order valence-corrected chi connectivity index (χ3v) is 1.53. The molecule has 2 N–H and O–H groups in total. The minimum Gasteiger partial charge on any atom is -0.465 e. The van der Waals surface area contributed by atoms with Crippen molar-refractivity contribution in [1.29, 1.82) is 0 Å². The topological polar surface area (TPSA) is 39.2 Å². The van der Waals surface area contributed by atoms with Crippen molar-refractivity contribution in [2.24, 2.45) is 5.73 Å². The summed E-state index contributed by atoms with van der Waals surface area (Å²) in [6.07, 6.45) is 4.22. The molecule has 3 heteroatoms. The van der Waals surface area contributed by atoms with Gasteiger partial charge in [-0.25, -0.2) is 0 Å². The predicted octanol–water partition coefficient (Wildman–Crippen LogP) is 2.36. The molecular weight excluding hydrogens is 170 g/mol. The lowest BCUT2D eigenvalue weighted by Gasteiger charge is -1.96. The van der Waals surface area contributed by atoms with Gasteiger partial charge in [0.15, 0.2) is 0 Å². The molecule has 1 heterocycles. The highest BCUT2D eigenvalue weighted by Crippen LogP contribution is 2.09. The van der Waals surface area contributed by atoms with Gasteiger partial charge in [-0.3, -0.25) is 0 Å². The van der Waals surface area contributed by atoms with Crippen molar-refractivity contribution in [2.45, 2.75) is 13.3 Å². The van der Waals surface area contributed by atoms with E-state index in [1.165, 1.54) is 0 Å². The first-order valence-corrected chi connectivity index (χ1v) is 4.08. The van der Waals surface area contributed by atoms with Gasteiger partial charge in [0.1, 0.15) is 5.76 Å². The van der Waals surface area contributed by atoms with Crippen molar-refractivity contribution in [3.05, 3.63) is 29.7 Å². The Balaban J connectivity index is 2.63. The van der Waals surface area contributed by atoms with E-state index in [0.29, 0.717) is 11.4 Å². The van der Waals surface area contributed by atoms with Gasteiger partial charge in [0.2, 0.25) is 0 Å². The summed E-state index contributed by atoms with van der Waals surface area (Å²) in [5.74, 6) is 0.837. The van der Waals surface area contributed by atoms with Crippen LogP contribution in [0, 0.1) is 0 Å². The van der Waals surface area contributed by atoms with Crippen LogP contribution in [-0.4, -0.2) is 4.99 Å². The standard InChI is InChI=1S/C9H11NOS/c1-7(6-9(10)12)5-8-3-2-4-11-8/h2-5H,6H2,1H3,(H2,10,12)/b7-5+. The minimum absolute atomic E-state index is 0.510. The van der Waals surface area contributed by atoms with Crippen LogP contribution in [0.4, 0.5) is 0 Å². The highest BCUT2D eigenvalue weighted by Gasteiger charge is 1.94. The van der Waals surface area contributed by atoms with E-state index in [9.17, 15) is 0 Å². The van der Waals surface area contributed by atoms with Gasteiger partial charge in [0.25, 0.3) is 0 Å². The van der Waals surface area contributed by atoms with Crippen LogP contribution in [0.25, 0.3) is 6.08 Å². The Morgan fingerprint density at radius 3 is 3.00 bits per heavy atom. The van der Waals surface area contributed by atoms with Crippen molar-refractivity contribution in [1.82, 2.24) is 0 Å². The van der Waals surface area contributed by atoms with Crippen LogP contribution in [0.3, 0.4) is 0 Å². The Labute approximate surface area is 77.1 Å². The lowest BCUT2D eigenvalue weighted by atomic mass is 10.2. The molecule has 0 aliphatic carbocycles. The quantitative estimate of drug-likeness (QED) is 0.727. The van der Waals surface area contributed by atoms with Crippen LogP contribution in [0.15, 0.2) is 28.4 Å². The Morgan fingerprint density at radius 1 is 1.75 bits per heavy atom. The second-order valence-corrected chi connectivity index (χ2v) is 3.17. The third-order valence-electron chi connectivity index (χ3n) is 1.38. The molecule has 0 fully saturated rings. The zero-order valence-corrected chi connectivity index (χ0v) is 7.73. The molecule has 0 radical (unpaired) electrons. The molecule has 2 nitrogen and oxygen atoms in total. The Bertz CT molecular complexity index is 287. The summed E-state index contributed by atoms with van der Waals surface area (Å²) in [6, 6.07) is 3.74. The maximum absolute atomic E-state index is 5.38. The van der Waals surface area contributed by atoms with E-state index in [1.807, 2.05) is 25.1 Å². The first-order chi connectivity index (χ1) is 5.68. The predicted molar refractivity (Wildman–Crippen MR) is 53.8 cm³/mol. The zero-order valence-electron chi connectivity index (χ0n) is 6.91. The molecule has 1 aromatic rings. The Kier molecular flexibility index (Phi) is 3.05. The van der Waals surface area contributed by atoms with Crippen LogP contribution < -0.4 is 5.73 Å². The monoisotopic (exact) mass is 181 g/mol. The van der Waals surface area contributed by atoms with Crippen molar-refractivity contribution in [3.63, 3.8) is 0 Å². The fourth-order valence-electron chi connectivity index (χ4n) is 0.942. The second kappa shape index (κ2) is 4.07. The lowest BCUT2D eigenvalue weighted by Crippen LogP contribution is -2.07. The van der Waals surface area contributed by atoms with E-state index < -0.39 is 0 Å². The Morgan fingerprint density at radius 2 is 2.50 bits per heavy atom. The number of nitrogens with two attached hydrogens (primary N) is 1. The van der Waals surface area contributed by atoms with Gasteiger partial charge < -0.3 is 10.2 Å². The number of thiocarbonyl (C=S) groups is 1. The molecule has 64 valence electrons. The molecule has 0 aliphatic heterocycles. The third kappa shape index (κ3) is 2.88. The maximum Gasteiger partial charge on any atom is 0.126 e. The SMILES string of the molecule is C/C(=C\c1ccco1)CC(N)=S. The average molecular weight is 181 g/mol. The molecule has 0 spiro atoms. The number of rotatable bonds is 3. The summed E-state index contributed by atoms with van der Waals surface area (Å²) in [4.78, 5) is 0.510. The van der Waals surface area contributed by atoms with Crippen molar-refractivity contribution in [2.75, 3.05) is 0 Å². The Hall–Kier alpha value is -1.09. The van der Waals surface area contributed by atoms with E-state index in [2.05, 4.69) is 0 Å². The van der Waals surface area contributed by atoms with E-state index >= 15 is 0 Å². The zero-order chi connectivity index (χ0) is 8.97. The molecule has 0 unspecified atom stereocenters. The molecular formula is C9H11NOS. The minimum atomic E-state index is 0.510. The fourth-order valence-corrected chi connectivity index (χ4v) is 1.17. The van der Waals surface area contributed by atoms with Crippen LogP contribution in [0.2, 0.25) is 0 Å². The summed E-state index contributed by atoms with van der Waals surface area (Å²) in [5.41, 5.74) is 6.49. The highest BCUT2D eigenvalue weighted by molar-refractivity contribution is 7.80. The number of hydrogen-bond acceptors (Lipinski definition) is 2. The van der Waals surface area contributed by atoms with Gasteiger partial charge in [-0.2, -0.15) is 0 Å². The van der Waals surface area contributed by atoms with Gasteiger partial charge in [0.05, 0.1) is 11.3 Å². The highest BCUT2D eigenvalue weighted by atomic mass is 32.1. The molecule has 0 amide bonds. The number of hydrogen-bond donors (Lipinski definition) is 1. The largest absolute Gasteiger partial charge is 0.465 e. The second-order valence-electron chi connectivity index (χ2n) is 2.65. The van der Waals surface area contributed by atoms with Crippen LogP contribution in [0.1, 0.15) is 19.1 Å². The summed E-state index contributed by atoms with van der Waals surface area (Å²) < 4.78 is 5.13. The van der Waals surface area contributed by atoms with Gasteiger partial charge in [-0.1, -0.05) is 17.8 Å². The molecule has 0 aliphatic rings. The molecule has 0 aromatic carbocycles. The molecule has 1 rings (SSSR count). The number of furan rings is 1. The summed E-state index contributed by atoms with van der Waals surface area (Å²) in [7, 11) is 0. The van der Waals surface area contributed by atoms with Crippen molar-refractivity contribution < 1.29 is 4.42 Å². The molecule has 0 bridgehead atoms. The van der Waals surface area contributed by atoms with Gasteiger partial charge >= 0.3 is 0 Å². The smallest absolute Gasteiger partial charge is 0.126 e. The van der Waals surface area contributed by atoms with Crippen LogP contribution in [-0.2, 0) is 0 Å². The van der Waals surface area contributed by atoms with E-state index in [-0.39, 0.29) is 0 Å². The average Bonchev–Trinajstić information content (AvgIpc) is 2.37. The lowest BCUT2D eigenvalue weighted by molar-refractivity contribution is 0.556. The van der Waals surface area contributed by atoms with E-state index in [0.717, 1.165) is 11.3 Å². The van der Waals surface area contributed by atoms with Crippen LogP contribution >= 0.6 is 12.2 Å². The van der Waals surface area contributed by atoms with Gasteiger partial charge in [-0.15, -0.1) is 0 Å². The molecule has 0 saturated heterocycles. The van der Waals surface area contributed by atoms with E-state index in [1.54, 1.807) is 6.26 Å². The van der Waals surface area contributed by atoms with E-state index in [4.69, 9.17) is 22.4 Å². The first-order valence-electron chi connectivity index (χ1n) is 3.67. The normalized spacial score (nSPS) is 11.6. The summed E-state index contributed by atoms with van der Waals surface area (Å²) in [5, 5.41) is 0. The fraction of sp³-hybridized carbons (Fsp3) is 0.222.